The van der Waals surface area contributed by atoms with Crippen LogP contribution in [0.2, 0.25) is 0 Å². The fraction of sp³-hybridized carbons (Fsp3) is 0.364. The van der Waals surface area contributed by atoms with E-state index >= 15 is 0 Å². The number of ether oxygens (including phenoxy) is 1. The molecule has 0 bridgehead atoms. The van der Waals surface area contributed by atoms with Crippen LogP contribution in [-0.4, -0.2) is 35.7 Å². The second kappa shape index (κ2) is 6.64. The van der Waals surface area contributed by atoms with Crippen LogP contribution in [0, 0.1) is 15.9 Å². The second-order valence-corrected chi connectivity index (χ2v) is 3.69. The third-order valence-electron chi connectivity index (χ3n) is 2.43. The summed E-state index contributed by atoms with van der Waals surface area (Å²) in [6.07, 6.45) is 0.0967. The number of nitro groups is 1. The van der Waals surface area contributed by atoms with E-state index < -0.39 is 22.8 Å². The Morgan fingerprint density at radius 2 is 2.32 bits per heavy atom. The van der Waals surface area contributed by atoms with Gasteiger partial charge in [-0.05, 0) is 13.1 Å². The van der Waals surface area contributed by atoms with E-state index in [2.05, 4.69) is 5.32 Å². The lowest BCUT2D eigenvalue weighted by Crippen LogP contribution is -2.35. The molecule has 0 aromatic heterocycles. The van der Waals surface area contributed by atoms with Gasteiger partial charge in [-0.1, -0.05) is 0 Å². The van der Waals surface area contributed by atoms with Crippen LogP contribution in [0.15, 0.2) is 18.2 Å². The summed E-state index contributed by atoms with van der Waals surface area (Å²) in [5.74, 6) is -1.94. The van der Waals surface area contributed by atoms with E-state index in [0.29, 0.717) is 0 Å². The number of carbonyl (C=O) groups is 1. The molecule has 19 heavy (non-hydrogen) atoms. The van der Waals surface area contributed by atoms with Crippen LogP contribution >= 0.6 is 0 Å². The van der Waals surface area contributed by atoms with E-state index in [4.69, 9.17) is 9.84 Å². The van der Waals surface area contributed by atoms with Gasteiger partial charge in [0.2, 0.25) is 0 Å². The minimum absolute atomic E-state index is 0.0813. The average Bonchev–Trinajstić information content (AvgIpc) is 2.33. The number of carboxylic acids is 1. The standard InChI is InChI=1S/C11H13FN2O5/c1-13-8(11(15)16)4-5-19-10-6-7(12)2-3-9(10)14(17)18/h2-3,6,8,13H,4-5H2,1H3,(H,15,16). The zero-order chi connectivity index (χ0) is 14.4. The first-order valence-corrected chi connectivity index (χ1v) is 5.42. The van der Waals surface area contributed by atoms with Crippen LogP contribution in [0.3, 0.4) is 0 Å². The SMILES string of the molecule is CNC(CCOc1cc(F)ccc1[N+](=O)[O-])C(=O)O. The number of benzene rings is 1. The van der Waals surface area contributed by atoms with Crippen LogP contribution in [0.5, 0.6) is 5.75 Å². The Bertz CT molecular complexity index is 480. The molecule has 0 saturated carbocycles. The predicted octanol–water partition coefficient (Wildman–Crippen LogP) is 1.18. The fourth-order valence-electron chi connectivity index (χ4n) is 1.43. The molecule has 1 rings (SSSR count). The molecule has 1 unspecified atom stereocenters. The van der Waals surface area contributed by atoms with Crippen molar-refractivity contribution in [2.45, 2.75) is 12.5 Å². The Hall–Kier alpha value is -2.22. The Morgan fingerprint density at radius 1 is 1.63 bits per heavy atom. The minimum atomic E-state index is -1.06. The molecule has 0 heterocycles. The largest absolute Gasteiger partial charge is 0.487 e. The zero-order valence-electron chi connectivity index (χ0n) is 10.1. The van der Waals surface area contributed by atoms with Gasteiger partial charge in [-0.2, -0.15) is 0 Å². The number of hydrogen-bond donors (Lipinski definition) is 2. The third-order valence-corrected chi connectivity index (χ3v) is 2.43. The van der Waals surface area contributed by atoms with Crippen molar-refractivity contribution in [3.63, 3.8) is 0 Å². The van der Waals surface area contributed by atoms with E-state index in [-0.39, 0.29) is 24.5 Å². The highest BCUT2D eigenvalue weighted by Gasteiger charge is 2.18. The topological polar surface area (TPSA) is 102 Å². The Balaban J connectivity index is 2.69. The van der Waals surface area contributed by atoms with Gasteiger partial charge < -0.3 is 15.2 Å². The van der Waals surface area contributed by atoms with Gasteiger partial charge >= 0.3 is 11.7 Å². The molecule has 1 aromatic rings. The maximum Gasteiger partial charge on any atom is 0.320 e. The molecular formula is C11H13FN2O5. The summed E-state index contributed by atoms with van der Waals surface area (Å²) in [5, 5.41) is 22.0. The summed E-state index contributed by atoms with van der Waals surface area (Å²) in [6, 6.07) is 2.02. The first kappa shape index (κ1) is 14.8. The van der Waals surface area contributed by atoms with Crippen LogP contribution in [0.25, 0.3) is 0 Å². The van der Waals surface area contributed by atoms with Gasteiger partial charge in [0.15, 0.2) is 5.75 Å². The van der Waals surface area contributed by atoms with Gasteiger partial charge in [0.05, 0.1) is 11.5 Å². The molecule has 0 spiro atoms. The Labute approximate surface area is 108 Å². The molecule has 0 aliphatic rings. The van der Waals surface area contributed by atoms with Crippen LogP contribution in [0.1, 0.15) is 6.42 Å². The normalized spacial score (nSPS) is 11.9. The molecule has 1 aromatic carbocycles. The average molecular weight is 272 g/mol. The van der Waals surface area contributed by atoms with Crippen molar-refractivity contribution in [1.29, 1.82) is 0 Å². The number of rotatable bonds is 7. The van der Waals surface area contributed by atoms with Crippen molar-refractivity contribution in [3.05, 3.63) is 34.1 Å². The molecule has 0 saturated heterocycles. The quantitative estimate of drug-likeness (QED) is 0.570. The van der Waals surface area contributed by atoms with Crippen molar-refractivity contribution < 1.29 is 24.0 Å². The fourth-order valence-corrected chi connectivity index (χ4v) is 1.43. The van der Waals surface area contributed by atoms with Crippen molar-refractivity contribution in [1.82, 2.24) is 5.32 Å². The molecule has 8 heteroatoms. The van der Waals surface area contributed by atoms with Gasteiger partial charge in [0.1, 0.15) is 11.9 Å². The number of hydrogen-bond acceptors (Lipinski definition) is 5. The number of halogens is 1. The van der Waals surface area contributed by atoms with Gasteiger partial charge in [0, 0.05) is 18.6 Å². The first-order chi connectivity index (χ1) is 8.95. The summed E-state index contributed by atoms with van der Waals surface area (Å²) >= 11 is 0. The second-order valence-electron chi connectivity index (χ2n) is 3.69. The monoisotopic (exact) mass is 272 g/mol. The van der Waals surface area contributed by atoms with Gasteiger partial charge in [-0.15, -0.1) is 0 Å². The van der Waals surface area contributed by atoms with Crippen molar-refractivity contribution in [3.8, 4) is 5.75 Å². The molecule has 0 aliphatic heterocycles. The van der Waals surface area contributed by atoms with Crippen molar-refractivity contribution in [2.24, 2.45) is 0 Å². The first-order valence-electron chi connectivity index (χ1n) is 5.42. The molecular weight excluding hydrogens is 259 g/mol. The van der Waals surface area contributed by atoms with E-state index in [1.807, 2.05) is 0 Å². The lowest BCUT2D eigenvalue weighted by molar-refractivity contribution is -0.385. The van der Waals surface area contributed by atoms with E-state index in [1.54, 1.807) is 0 Å². The molecule has 0 aliphatic carbocycles. The summed E-state index contributed by atoms with van der Waals surface area (Å²) in [7, 11) is 1.48. The van der Waals surface area contributed by atoms with Crippen LogP contribution < -0.4 is 10.1 Å². The van der Waals surface area contributed by atoms with Crippen molar-refractivity contribution >= 4 is 11.7 Å². The Morgan fingerprint density at radius 3 is 2.84 bits per heavy atom. The maximum atomic E-state index is 13.0. The number of nitrogens with zero attached hydrogens (tertiary/aromatic N) is 1. The van der Waals surface area contributed by atoms with Gasteiger partial charge in [-0.25, -0.2) is 4.39 Å². The van der Waals surface area contributed by atoms with E-state index in [1.165, 1.54) is 7.05 Å². The molecule has 104 valence electrons. The number of nitro benzene ring substituents is 1. The number of carboxylic acid groups (broad SMARTS) is 1. The van der Waals surface area contributed by atoms with E-state index in [9.17, 15) is 19.3 Å². The molecule has 1 atom stereocenters. The van der Waals surface area contributed by atoms with Crippen molar-refractivity contribution in [2.75, 3.05) is 13.7 Å². The number of aliphatic carboxylic acids is 1. The van der Waals surface area contributed by atoms with Gasteiger partial charge in [0.25, 0.3) is 0 Å². The zero-order valence-corrected chi connectivity index (χ0v) is 10.1. The lowest BCUT2D eigenvalue weighted by Gasteiger charge is -2.12. The highest BCUT2D eigenvalue weighted by atomic mass is 19.1. The molecule has 0 radical (unpaired) electrons. The third kappa shape index (κ3) is 4.18. The lowest BCUT2D eigenvalue weighted by atomic mass is 10.2. The summed E-state index contributed by atoms with van der Waals surface area (Å²) in [4.78, 5) is 20.7. The molecule has 0 amide bonds. The number of likely N-dealkylation sites (N-methyl/N-ethyl adjacent to an activating group) is 1. The summed E-state index contributed by atoms with van der Waals surface area (Å²) in [6.45, 7) is -0.0813. The minimum Gasteiger partial charge on any atom is -0.487 e. The summed E-state index contributed by atoms with van der Waals surface area (Å²) < 4.78 is 18.1. The Kier molecular flexibility index (Phi) is 5.19. The maximum absolute atomic E-state index is 13.0. The van der Waals surface area contributed by atoms with E-state index in [0.717, 1.165) is 18.2 Å². The highest BCUT2D eigenvalue weighted by Crippen LogP contribution is 2.27. The highest BCUT2D eigenvalue weighted by molar-refractivity contribution is 5.73. The number of nitrogens with one attached hydrogen (secondary N) is 1. The van der Waals surface area contributed by atoms with Crippen LogP contribution in [0.4, 0.5) is 10.1 Å². The molecule has 0 fully saturated rings. The smallest absolute Gasteiger partial charge is 0.320 e. The molecule has 7 nitrogen and oxygen atoms in total. The predicted molar refractivity (Wildman–Crippen MR) is 63.6 cm³/mol. The van der Waals surface area contributed by atoms with Gasteiger partial charge in [-0.3, -0.25) is 14.9 Å². The molecule has 2 N–H and O–H groups in total. The van der Waals surface area contributed by atoms with Crippen LogP contribution in [-0.2, 0) is 4.79 Å². The summed E-state index contributed by atoms with van der Waals surface area (Å²) in [5.41, 5.74) is -0.363.